The zero-order valence-electron chi connectivity index (χ0n) is 7.98. The minimum Gasteiger partial charge on any atom is -0.213 e. The lowest BCUT2D eigenvalue weighted by Crippen LogP contribution is -1.84. The number of rotatable bonds is 3. The Bertz CT molecular complexity index is 458. The molecule has 0 saturated carbocycles. The number of aromatic nitrogens is 3. The van der Waals surface area contributed by atoms with Crippen LogP contribution < -0.4 is 0 Å². The van der Waals surface area contributed by atoms with E-state index >= 15 is 0 Å². The van der Waals surface area contributed by atoms with E-state index in [9.17, 15) is 4.39 Å². The van der Waals surface area contributed by atoms with Gasteiger partial charge in [0.2, 0.25) is 5.95 Å². The molecule has 0 N–H and O–H groups in total. The van der Waals surface area contributed by atoms with Crippen molar-refractivity contribution in [2.24, 2.45) is 0 Å². The molecule has 0 aromatic carbocycles. The molecule has 6 heteroatoms. The minimum absolute atomic E-state index is 0.472. The molecule has 0 radical (unpaired) electrons. The molecule has 0 aliphatic heterocycles. The third kappa shape index (κ3) is 2.73. The lowest BCUT2D eigenvalue weighted by atomic mass is 10.5. The van der Waals surface area contributed by atoms with Crippen LogP contribution in [0, 0.1) is 5.95 Å². The Morgan fingerprint density at radius 2 is 2.27 bits per heavy atom. The average molecular weight is 241 g/mol. The smallest absolute Gasteiger partial charge is 0.213 e. The summed E-state index contributed by atoms with van der Waals surface area (Å²) in [6.45, 7) is 2.00. The molecule has 0 aliphatic carbocycles. The van der Waals surface area contributed by atoms with Crippen LogP contribution in [0.25, 0.3) is 0 Å². The fourth-order valence-electron chi connectivity index (χ4n) is 0.959. The number of halogens is 1. The van der Waals surface area contributed by atoms with Gasteiger partial charge in [-0.05, 0) is 35.4 Å². The summed E-state index contributed by atoms with van der Waals surface area (Å²) in [5, 5.41) is 0.605. The van der Waals surface area contributed by atoms with Crippen LogP contribution in [-0.4, -0.2) is 14.3 Å². The number of aryl methyl sites for hydroxylation is 1. The van der Waals surface area contributed by atoms with Crippen LogP contribution in [0.2, 0.25) is 0 Å². The fourth-order valence-corrected chi connectivity index (χ4v) is 2.58. The second-order valence-corrected chi connectivity index (χ2v) is 4.75. The molecule has 2 aromatic heterocycles. The molecule has 0 atom stereocenters. The van der Waals surface area contributed by atoms with E-state index in [1.165, 1.54) is 29.4 Å². The number of hydrogen-bond acceptors (Lipinski definition) is 5. The van der Waals surface area contributed by atoms with Gasteiger partial charge in [0.05, 0.1) is 0 Å². The van der Waals surface area contributed by atoms with Crippen molar-refractivity contribution >= 4 is 23.3 Å². The van der Waals surface area contributed by atoms with Crippen molar-refractivity contribution in [1.82, 2.24) is 14.3 Å². The van der Waals surface area contributed by atoms with Crippen molar-refractivity contribution in [2.45, 2.75) is 22.7 Å². The molecule has 0 fully saturated rings. The predicted octanol–water partition coefficient (Wildman–Crippen LogP) is 2.79. The van der Waals surface area contributed by atoms with Crippen LogP contribution in [0.4, 0.5) is 4.39 Å². The first-order valence-electron chi connectivity index (χ1n) is 4.41. The van der Waals surface area contributed by atoms with Gasteiger partial charge in [0.25, 0.3) is 0 Å². The zero-order valence-corrected chi connectivity index (χ0v) is 9.61. The van der Waals surface area contributed by atoms with E-state index in [4.69, 9.17) is 0 Å². The van der Waals surface area contributed by atoms with E-state index in [1.807, 2.05) is 6.92 Å². The molecule has 15 heavy (non-hydrogen) atoms. The summed E-state index contributed by atoms with van der Waals surface area (Å²) in [5.41, 5.74) is 0. The van der Waals surface area contributed by atoms with Crippen molar-refractivity contribution in [1.29, 1.82) is 0 Å². The molecular weight excluding hydrogens is 233 g/mol. The van der Waals surface area contributed by atoms with Gasteiger partial charge in [-0.15, -0.1) is 0 Å². The molecule has 0 bridgehead atoms. The second-order valence-electron chi connectivity index (χ2n) is 2.73. The maximum atomic E-state index is 12.8. The molecule has 2 heterocycles. The second kappa shape index (κ2) is 4.67. The Morgan fingerprint density at radius 1 is 1.40 bits per heavy atom. The predicted molar refractivity (Wildman–Crippen MR) is 57.6 cm³/mol. The van der Waals surface area contributed by atoms with Crippen molar-refractivity contribution in [3.8, 4) is 0 Å². The molecule has 78 valence electrons. The van der Waals surface area contributed by atoms with Gasteiger partial charge in [-0.1, -0.05) is 13.0 Å². The molecule has 0 amide bonds. The van der Waals surface area contributed by atoms with Gasteiger partial charge in [-0.3, -0.25) is 0 Å². The third-order valence-electron chi connectivity index (χ3n) is 1.65. The van der Waals surface area contributed by atoms with Crippen molar-refractivity contribution < 1.29 is 4.39 Å². The van der Waals surface area contributed by atoms with E-state index in [-0.39, 0.29) is 0 Å². The quantitative estimate of drug-likeness (QED) is 0.774. The number of nitrogens with zero attached hydrogens (tertiary/aromatic N) is 3. The lowest BCUT2D eigenvalue weighted by Gasteiger charge is -1.94. The monoisotopic (exact) mass is 241 g/mol. The SMILES string of the molecule is CCc1nsc(Sc2cccc(F)n2)n1. The van der Waals surface area contributed by atoms with Crippen LogP contribution in [0.3, 0.4) is 0 Å². The van der Waals surface area contributed by atoms with Crippen molar-refractivity contribution in [2.75, 3.05) is 0 Å². The van der Waals surface area contributed by atoms with E-state index in [0.717, 1.165) is 16.6 Å². The first-order chi connectivity index (χ1) is 7.28. The summed E-state index contributed by atoms with van der Waals surface area (Å²) in [7, 11) is 0. The van der Waals surface area contributed by atoms with E-state index in [0.29, 0.717) is 5.03 Å². The summed E-state index contributed by atoms with van der Waals surface area (Å²) in [6.07, 6.45) is 0.813. The average Bonchev–Trinajstić information content (AvgIpc) is 2.65. The molecular formula is C9H8FN3S2. The van der Waals surface area contributed by atoms with Crippen molar-refractivity contribution in [3.05, 3.63) is 30.0 Å². The Balaban J connectivity index is 2.14. The summed E-state index contributed by atoms with van der Waals surface area (Å²) in [6, 6.07) is 4.70. The zero-order chi connectivity index (χ0) is 10.7. The van der Waals surface area contributed by atoms with Crippen LogP contribution in [0.1, 0.15) is 12.7 Å². The van der Waals surface area contributed by atoms with E-state index in [1.54, 1.807) is 12.1 Å². The summed E-state index contributed by atoms with van der Waals surface area (Å²) in [5.74, 6) is 0.346. The molecule has 3 nitrogen and oxygen atoms in total. The van der Waals surface area contributed by atoms with Gasteiger partial charge in [0.15, 0.2) is 4.34 Å². The Hall–Kier alpha value is -1.01. The largest absolute Gasteiger partial charge is 0.213 e. The van der Waals surface area contributed by atoms with Crippen molar-refractivity contribution in [3.63, 3.8) is 0 Å². The summed E-state index contributed by atoms with van der Waals surface area (Å²) in [4.78, 5) is 8.00. The van der Waals surface area contributed by atoms with Gasteiger partial charge in [0.1, 0.15) is 10.9 Å². The van der Waals surface area contributed by atoms with E-state index in [2.05, 4.69) is 14.3 Å². The molecule has 2 rings (SSSR count). The minimum atomic E-state index is -0.472. The third-order valence-corrected chi connectivity index (χ3v) is 3.37. The highest BCUT2D eigenvalue weighted by Crippen LogP contribution is 2.27. The van der Waals surface area contributed by atoms with Crippen LogP contribution in [0.15, 0.2) is 27.6 Å². The summed E-state index contributed by atoms with van der Waals surface area (Å²) < 4.78 is 17.7. The Kier molecular flexibility index (Phi) is 3.27. The summed E-state index contributed by atoms with van der Waals surface area (Å²) >= 11 is 2.65. The first-order valence-corrected chi connectivity index (χ1v) is 6.00. The Labute approximate surface area is 94.9 Å². The number of pyridine rings is 1. The highest BCUT2D eigenvalue weighted by Gasteiger charge is 2.05. The maximum absolute atomic E-state index is 12.8. The van der Waals surface area contributed by atoms with Gasteiger partial charge in [-0.25, -0.2) is 9.97 Å². The highest BCUT2D eigenvalue weighted by atomic mass is 32.2. The molecule has 0 aliphatic rings. The van der Waals surface area contributed by atoms with Gasteiger partial charge >= 0.3 is 0 Å². The lowest BCUT2D eigenvalue weighted by molar-refractivity contribution is 0.572. The van der Waals surface area contributed by atoms with Gasteiger partial charge in [0, 0.05) is 6.42 Å². The molecule has 0 saturated heterocycles. The van der Waals surface area contributed by atoms with Crippen LogP contribution in [-0.2, 0) is 6.42 Å². The topological polar surface area (TPSA) is 38.7 Å². The van der Waals surface area contributed by atoms with Gasteiger partial charge in [-0.2, -0.15) is 8.76 Å². The van der Waals surface area contributed by atoms with Crippen LogP contribution >= 0.6 is 23.3 Å². The first kappa shape index (κ1) is 10.5. The Morgan fingerprint density at radius 3 is 2.93 bits per heavy atom. The normalized spacial score (nSPS) is 10.5. The fraction of sp³-hybridized carbons (Fsp3) is 0.222. The highest BCUT2D eigenvalue weighted by molar-refractivity contribution is 8.00. The molecule has 2 aromatic rings. The molecule has 0 spiro atoms. The van der Waals surface area contributed by atoms with E-state index < -0.39 is 5.95 Å². The van der Waals surface area contributed by atoms with Gasteiger partial charge < -0.3 is 0 Å². The maximum Gasteiger partial charge on any atom is 0.213 e. The van der Waals surface area contributed by atoms with Crippen LogP contribution in [0.5, 0.6) is 0 Å². The molecule has 0 unspecified atom stereocenters. The number of hydrogen-bond donors (Lipinski definition) is 0. The standard InChI is InChI=1S/C9H8FN3S2/c1-2-7-12-9(15-13-7)14-8-5-3-4-6(10)11-8/h3-5H,2H2,1H3.